The SMILES string of the molecule is OCC(c1ccsc1)N1CCCNCC1. The molecule has 2 heterocycles. The number of nitrogens with zero attached hydrogens (tertiary/aromatic N) is 1. The molecule has 84 valence electrons. The Morgan fingerprint density at radius 1 is 1.47 bits per heavy atom. The van der Waals surface area contributed by atoms with Crippen LogP contribution >= 0.6 is 11.3 Å². The molecule has 1 unspecified atom stereocenters. The van der Waals surface area contributed by atoms with Gasteiger partial charge >= 0.3 is 0 Å². The molecular formula is C11H18N2OS. The second kappa shape index (κ2) is 5.61. The fraction of sp³-hybridized carbons (Fsp3) is 0.636. The molecule has 0 amide bonds. The van der Waals surface area contributed by atoms with Crippen LogP contribution in [0, 0.1) is 0 Å². The van der Waals surface area contributed by atoms with E-state index in [2.05, 4.69) is 27.0 Å². The van der Waals surface area contributed by atoms with Gasteiger partial charge in [0, 0.05) is 19.6 Å². The van der Waals surface area contributed by atoms with Crippen molar-refractivity contribution in [1.82, 2.24) is 10.2 Å². The molecule has 2 N–H and O–H groups in total. The lowest BCUT2D eigenvalue weighted by Crippen LogP contribution is -2.33. The monoisotopic (exact) mass is 226 g/mol. The number of hydrogen-bond donors (Lipinski definition) is 2. The Labute approximate surface area is 94.7 Å². The van der Waals surface area contributed by atoms with Crippen molar-refractivity contribution in [3.05, 3.63) is 22.4 Å². The summed E-state index contributed by atoms with van der Waals surface area (Å²) in [7, 11) is 0. The molecule has 2 rings (SSSR count). The number of rotatable bonds is 3. The van der Waals surface area contributed by atoms with Crippen molar-refractivity contribution in [3.63, 3.8) is 0 Å². The van der Waals surface area contributed by atoms with Crippen LogP contribution in [0.25, 0.3) is 0 Å². The molecule has 1 aromatic heterocycles. The highest BCUT2D eigenvalue weighted by Crippen LogP contribution is 2.22. The van der Waals surface area contributed by atoms with E-state index in [1.54, 1.807) is 11.3 Å². The van der Waals surface area contributed by atoms with E-state index in [1.165, 1.54) is 12.0 Å². The topological polar surface area (TPSA) is 35.5 Å². The lowest BCUT2D eigenvalue weighted by molar-refractivity contribution is 0.130. The van der Waals surface area contributed by atoms with Gasteiger partial charge < -0.3 is 10.4 Å². The van der Waals surface area contributed by atoms with E-state index >= 15 is 0 Å². The molecule has 1 aromatic rings. The van der Waals surface area contributed by atoms with Gasteiger partial charge in [-0.3, -0.25) is 4.90 Å². The van der Waals surface area contributed by atoms with E-state index in [1.807, 2.05) is 0 Å². The quantitative estimate of drug-likeness (QED) is 0.809. The van der Waals surface area contributed by atoms with Gasteiger partial charge in [0.05, 0.1) is 12.6 Å². The Kier molecular flexibility index (Phi) is 4.14. The summed E-state index contributed by atoms with van der Waals surface area (Å²) in [5.74, 6) is 0. The summed E-state index contributed by atoms with van der Waals surface area (Å²) >= 11 is 1.70. The molecule has 1 aliphatic rings. The van der Waals surface area contributed by atoms with E-state index in [0.29, 0.717) is 0 Å². The largest absolute Gasteiger partial charge is 0.394 e. The Bertz CT molecular complexity index is 268. The minimum absolute atomic E-state index is 0.191. The molecule has 0 bridgehead atoms. The van der Waals surface area contributed by atoms with Crippen LogP contribution < -0.4 is 5.32 Å². The number of aliphatic hydroxyl groups is 1. The Morgan fingerprint density at radius 2 is 2.40 bits per heavy atom. The summed E-state index contributed by atoms with van der Waals surface area (Å²) in [5, 5.41) is 17.1. The molecule has 1 fully saturated rings. The van der Waals surface area contributed by atoms with E-state index in [4.69, 9.17) is 0 Å². The van der Waals surface area contributed by atoms with Crippen LogP contribution in [0.5, 0.6) is 0 Å². The van der Waals surface area contributed by atoms with Crippen molar-refractivity contribution in [2.75, 3.05) is 32.8 Å². The summed E-state index contributed by atoms with van der Waals surface area (Å²) < 4.78 is 0. The second-order valence-electron chi connectivity index (χ2n) is 3.89. The second-order valence-corrected chi connectivity index (χ2v) is 4.67. The molecule has 15 heavy (non-hydrogen) atoms. The minimum Gasteiger partial charge on any atom is -0.394 e. The molecule has 0 radical (unpaired) electrons. The van der Waals surface area contributed by atoms with Gasteiger partial charge in [-0.05, 0) is 35.4 Å². The van der Waals surface area contributed by atoms with E-state index in [9.17, 15) is 5.11 Å². The van der Waals surface area contributed by atoms with Crippen LogP contribution in [0.3, 0.4) is 0 Å². The summed E-state index contributed by atoms with van der Waals surface area (Å²) in [6.45, 7) is 4.45. The standard InChI is InChI=1S/C11H18N2OS/c14-8-11(10-2-7-15-9-10)13-5-1-3-12-4-6-13/h2,7,9,11-12,14H,1,3-6,8H2. The predicted octanol–water partition coefficient (Wildman–Crippen LogP) is 1.08. The smallest absolute Gasteiger partial charge is 0.0628 e. The zero-order chi connectivity index (χ0) is 10.5. The first-order valence-corrected chi connectivity index (χ1v) is 6.44. The molecule has 0 spiro atoms. The summed E-state index contributed by atoms with van der Waals surface area (Å²) in [4.78, 5) is 2.38. The molecule has 1 saturated heterocycles. The highest BCUT2D eigenvalue weighted by Gasteiger charge is 2.20. The van der Waals surface area contributed by atoms with Crippen molar-refractivity contribution in [2.24, 2.45) is 0 Å². The molecule has 0 aromatic carbocycles. The first kappa shape index (κ1) is 11.1. The highest BCUT2D eigenvalue weighted by atomic mass is 32.1. The first-order chi connectivity index (χ1) is 7.42. The van der Waals surface area contributed by atoms with Gasteiger partial charge in [0.25, 0.3) is 0 Å². The minimum atomic E-state index is 0.191. The van der Waals surface area contributed by atoms with Gasteiger partial charge in [-0.2, -0.15) is 11.3 Å². The molecule has 1 aliphatic heterocycles. The van der Waals surface area contributed by atoms with Crippen molar-refractivity contribution >= 4 is 11.3 Å². The predicted molar refractivity (Wildman–Crippen MR) is 63.2 cm³/mol. The highest BCUT2D eigenvalue weighted by molar-refractivity contribution is 7.07. The van der Waals surface area contributed by atoms with Crippen LogP contribution in [0.2, 0.25) is 0 Å². The van der Waals surface area contributed by atoms with E-state index in [0.717, 1.165) is 26.2 Å². The van der Waals surface area contributed by atoms with Crippen molar-refractivity contribution in [2.45, 2.75) is 12.5 Å². The fourth-order valence-electron chi connectivity index (χ4n) is 2.07. The molecule has 3 nitrogen and oxygen atoms in total. The first-order valence-electron chi connectivity index (χ1n) is 5.49. The van der Waals surface area contributed by atoms with Crippen LogP contribution in [-0.2, 0) is 0 Å². The van der Waals surface area contributed by atoms with Crippen LogP contribution in [0.1, 0.15) is 18.0 Å². The average Bonchev–Trinajstić information content (AvgIpc) is 2.63. The van der Waals surface area contributed by atoms with Gasteiger partial charge in [0.15, 0.2) is 0 Å². The Hall–Kier alpha value is -0.420. The third-order valence-corrected chi connectivity index (χ3v) is 3.62. The number of thiophene rings is 1. The molecule has 0 saturated carbocycles. The maximum absolute atomic E-state index is 9.48. The zero-order valence-corrected chi connectivity index (χ0v) is 9.67. The zero-order valence-electron chi connectivity index (χ0n) is 8.85. The Balaban J connectivity index is 2.04. The molecular weight excluding hydrogens is 208 g/mol. The summed E-state index contributed by atoms with van der Waals surface area (Å²) in [6, 6.07) is 2.31. The lowest BCUT2D eigenvalue weighted by atomic mass is 10.1. The fourth-order valence-corrected chi connectivity index (χ4v) is 2.78. The Morgan fingerprint density at radius 3 is 3.13 bits per heavy atom. The lowest BCUT2D eigenvalue weighted by Gasteiger charge is -2.28. The third-order valence-electron chi connectivity index (χ3n) is 2.92. The average molecular weight is 226 g/mol. The normalized spacial score (nSPS) is 21.1. The number of aliphatic hydroxyl groups excluding tert-OH is 1. The molecule has 1 atom stereocenters. The van der Waals surface area contributed by atoms with Crippen LogP contribution in [0.15, 0.2) is 16.8 Å². The van der Waals surface area contributed by atoms with E-state index < -0.39 is 0 Å². The van der Waals surface area contributed by atoms with E-state index in [-0.39, 0.29) is 12.6 Å². The summed E-state index contributed by atoms with van der Waals surface area (Å²) in [5.41, 5.74) is 1.25. The number of hydrogen-bond acceptors (Lipinski definition) is 4. The van der Waals surface area contributed by atoms with Gasteiger partial charge in [-0.1, -0.05) is 0 Å². The van der Waals surface area contributed by atoms with Crippen molar-refractivity contribution < 1.29 is 5.11 Å². The van der Waals surface area contributed by atoms with Crippen molar-refractivity contribution in [1.29, 1.82) is 0 Å². The number of nitrogens with one attached hydrogen (secondary N) is 1. The maximum Gasteiger partial charge on any atom is 0.0628 e. The third kappa shape index (κ3) is 2.78. The van der Waals surface area contributed by atoms with Gasteiger partial charge in [0.1, 0.15) is 0 Å². The van der Waals surface area contributed by atoms with Crippen LogP contribution in [0.4, 0.5) is 0 Å². The van der Waals surface area contributed by atoms with Crippen molar-refractivity contribution in [3.8, 4) is 0 Å². The summed E-state index contributed by atoms with van der Waals surface area (Å²) in [6.07, 6.45) is 1.17. The van der Waals surface area contributed by atoms with Crippen LogP contribution in [-0.4, -0.2) is 42.8 Å². The van der Waals surface area contributed by atoms with Gasteiger partial charge in [0.2, 0.25) is 0 Å². The van der Waals surface area contributed by atoms with Gasteiger partial charge in [-0.15, -0.1) is 0 Å². The molecule has 0 aliphatic carbocycles. The van der Waals surface area contributed by atoms with Gasteiger partial charge in [-0.25, -0.2) is 0 Å². The molecule has 4 heteroatoms. The maximum atomic E-state index is 9.48.